The summed E-state index contributed by atoms with van der Waals surface area (Å²) < 4.78 is 7.91. The minimum Gasteiger partial charge on any atom is -0.479 e. The van der Waals surface area contributed by atoms with E-state index in [0.29, 0.717) is 5.75 Å². The van der Waals surface area contributed by atoms with Crippen LogP contribution in [0.3, 0.4) is 0 Å². The quantitative estimate of drug-likeness (QED) is 0.860. The van der Waals surface area contributed by atoms with Gasteiger partial charge in [0, 0.05) is 29.6 Å². The molecule has 0 saturated carbocycles. The van der Waals surface area contributed by atoms with Gasteiger partial charge in [-0.05, 0) is 37.5 Å². The third-order valence-electron chi connectivity index (χ3n) is 4.65. The van der Waals surface area contributed by atoms with Crippen molar-refractivity contribution in [3.05, 3.63) is 42.7 Å². The summed E-state index contributed by atoms with van der Waals surface area (Å²) in [5.41, 5.74) is 0. The van der Waals surface area contributed by atoms with Gasteiger partial charge in [-0.1, -0.05) is 12.1 Å². The van der Waals surface area contributed by atoms with Crippen LogP contribution < -0.4 is 4.74 Å². The number of fused-ring (bicyclic) bond motifs is 1. The lowest BCUT2D eigenvalue weighted by Crippen LogP contribution is -2.52. The molecule has 6 heteroatoms. The van der Waals surface area contributed by atoms with E-state index in [1.54, 1.807) is 18.0 Å². The predicted octanol–water partition coefficient (Wildman–Crippen LogP) is 2.82. The second-order valence-electron chi connectivity index (χ2n) is 6.27. The van der Waals surface area contributed by atoms with Crippen molar-refractivity contribution in [3.8, 4) is 5.75 Å². The van der Waals surface area contributed by atoms with E-state index in [4.69, 9.17) is 4.74 Å². The fraction of sp³-hybridized carbons (Fsp3) is 0.444. The Morgan fingerprint density at radius 2 is 2.21 bits per heavy atom. The molecule has 0 bridgehead atoms. The van der Waals surface area contributed by atoms with Crippen molar-refractivity contribution in [2.24, 2.45) is 0 Å². The summed E-state index contributed by atoms with van der Waals surface area (Å²) in [7, 11) is 0. The number of nitrogens with zero attached hydrogens (tertiary/aromatic N) is 3. The molecule has 0 unspecified atom stereocenters. The molecule has 1 aromatic heterocycles. The van der Waals surface area contributed by atoms with Crippen LogP contribution in [0.25, 0.3) is 0 Å². The summed E-state index contributed by atoms with van der Waals surface area (Å²) in [5, 5.41) is 4.29. The zero-order valence-corrected chi connectivity index (χ0v) is 14.3. The molecule has 1 saturated heterocycles. The van der Waals surface area contributed by atoms with Crippen molar-refractivity contribution >= 4 is 17.7 Å². The molecule has 3 heterocycles. The smallest absolute Gasteiger partial charge is 0.264 e. The van der Waals surface area contributed by atoms with Gasteiger partial charge in [0.05, 0.1) is 12.6 Å². The standard InChI is InChI=1S/C18H21N3O2S/c22-18(16-13-24-17-8-2-1-7-15(17)23-16)21-11-4-3-6-14(21)12-20-10-5-9-19-20/h1-2,5,7-10,14,16H,3-4,6,11-13H2/t14-,16+/m0/s1. The number of hydrogen-bond acceptors (Lipinski definition) is 4. The number of carbonyl (C=O) groups excluding carboxylic acids is 1. The van der Waals surface area contributed by atoms with Gasteiger partial charge in [-0.3, -0.25) is 9.48 Å². The molecule has 2 atom stereocenters. The molecule has 2 aliphatic heterocycles. The van der Waals surface area contributed by atoms with E-state index in [-0.39, 0.29) is 18.1 Å². The fourth-order valence-electron chi connectivity index (χ4n) is 3.43. The minimum atomic E-state index is -0.386. The number of para-hydroxylation sites is 1. The maximum atomic E-state index is 13.1. The first kappa shape index (κ1) is 15.6. The number of hydrogen-bond donors (Lipinski definition) is 0. The summed E-state index contributed by atoms with van der Waals surface area (Å²) >= 11 is 1.71. The number of ether oxygens (including phenoxy) is 1. The number of thioether (sulfide) groups is 1. The molecule has 0 radical (unpaired) electrons. The molecule has 4 rings (SSSR count). The Morgan fingerprint density at radius 3 is 3.08 bits per heavy atom. The van der Waals surface area contributed by atoms with E-state index in [2.05, 4.69) is 5.10 Å². The molecule has 0 spiro atoms. The Kier molecular flexibility index (Phi) is 4.47. The monoisotopic (exact) mass is 343 g/mol. The highest BCUT2D eigenvalue weighted by atomic mass is 32.2. The van der Waals surface area contributed by atoms with E-state index in [1.807, 2.05) is 46.1 Å². The Morgan fingerprint density at radius 1 is 1.29 bits per heavy atom. The minimum absolute atomic E-state index is 0.119. The van der Waals surface area contributed by atoms with Crippen LogP contribution >= 0.6 is 11.8 Å². The van der Waals surface area contributed by atoms with Gasteiger partial charge in [-0.2, -0.15) is 5.10 Å². The number of benzene rings is 1. The van der Waals surface area contributed by atoms with Crippen LogP contribution in [-0.4, -0.2) is 45.0 Å². The second kappa shape index (κ2) is 6.89. The number of aromatic nitrogens is 2. The Labute approximate surface area is 146 Å². The molecule has 24 heavy (non-hydrogen) atoms. The van der Waals surface area contributed by atoms with Gasteiger partial charge < -0.3 is 9.64 Å². The van der Waals surface area contributed by atoms with Crippen LogP contribution in [0.15, 0.2) is 47.6 Å². The second-order valence-corrected chi connectivity index (χ2v) is 7.34. The van der Waals surface area contributed by atoms with Crippen molar-refractivity contribution in [1.82, 2.24) is 14.7 Å². The molecule has 1 aromatic carbocycles. The molecule has 2 aliphatic rings. The van der Waals surface area contributed by atoms with E-state index >= 15 is 0 Å². The average molecular weight is 343 g/mol. The van der Waals surface area contributed by atoms with Gasteiger partial charge in [-0.15, -0.1) is 11.8 Å². The van der Waals surface area contributed by atoms with Crippen molar-refractivity contribution in [2.45, 2.75) is 42.8 Å². The maximum absolute atomic E-state index is 13.1. The largest absolute Gasteiger partial charge is 0.479 e. The maximum Gasteiger partial charge on any atom is 0.264 e. The third-order valence-corrected chi connectivity index (χ3v) is 5.77. The normalized spacial score (nSPS) is 23.4. The summed E-state index contributed by atoms with van der Waals surface area (Å²) in [6.45, 7) is 1.58. The van der Waals surface area contributed by atoms with Crippen LogP contribution in [0.1, 0.15) is 19.3 Å². The number of likely N-dealkylation sites (tertiary alicyclic amines) is 1. The van der Waals surface area contributed by atoms with Crippen molar-refractivity contribution in [1.29, 1.82) is 0 Å². The zero-order valence-electron chi connectivity index (χ0n) is 13.5. The van der Waals surface area contributed by atoms with Crippen LogP contribution in [0.5, 0.6) is 5.75 Å². The van der Waals surface area contributed by atoms with Gasteiger partial charge in [-0.25, -0.2) is 0 Å². The molecule has 1 fully saturated rings. The molecule has 2 aromatic rings. The van der Waals surface area contributed by atoms with E-state index < -0.39 is 0 Å². The molecular formula is C18H21N3O2S. The number of rotatable bonds is 3. The van der Waals surface area contributed by atoms with Gasteiger partial charge in [0.1, 0.15) is 5.75 Å². The van der Waals surface area contributed by atoms with Crippen molar-refractivity contribution < 1.29 is 9.53 Å². The molecule has 0 aliphatic carbocycles. The highest BCUT2D eigenvalue weighted by molar-refractivity contribution is 7.99. The van der Waals surface area contributed by atoms with E-state index in [1.165, 1.54) is 6.42 Å². The van der Waals surface area contributed by atoms with Crippen molar-refractivity contribution in [3.63, 3.8) is 0 Å². The first-order valence-corrected chi connectivity index (χ1v) is 9.46. The zero-order chi connectivity index (χ0) is 16.4. The summed E-state index contributed by atoms with van der Waals surface area (Å²) in [5.74, 6) is 1.63. The first-order chi connectivity index (χ1) is 11.8. The van der Waals surface area contributed by atoms with Gasteiger partial charge in [0.15, 0.2) is 6.10 Å². The summed E-state index contributed by atoms with van der Waals surface area (Å²) in [6, 6.07) is 10.1. The van der Waals surface area contributed by atoms with Gasteiger partial charge >= 0.3 is 0 Å². The van der Waals surface area contributed by atoms with Gasteiger partial charge in [0.2, 0.25) is 0 Å². The van der Waals surface area contributed by atoms with Crippen LogP contribution in [0.4, 0.5) is 0 Å². The van der Waals surface area contributed by atoms with E-state index in [9.17, 15) is 4.79 Å². The Hall–Kier alpha value is -1.95. The Bertz CT molecular complexity index is 704. The molecular weight excluding hydrogens is 322 g/mol. The lowest BCUT2D eigenvalue weighted by Gasteiger charge is -2.38. The molecule has 5 nitrogen and oxygen atoms in total. The summed E-state index contributed by atoms with van der Waals surface area (Å²) in [4.78, 5) is 16.2. The van der Waals surface area contributed by atoms with Crippen molar-refractivity contribution in [2.75, 3.05) is 12.3 Å². The topological polar surface area (TPSA) is 47.4 Å². The molecule has 1 amide bonds. The SMILES string of the molecule is O=C([C@H]1CSc2ccccc2O1)N1CCCC[C@H]1Cn1cccn1. The third kappa shape index (κ3) is 3.15. The van der Waals surface area contributed by atoms with E-state index in [0.717, 1.165) is 36.6 Å². The molecule has 126 valence electrons. The average Bonchev–Trinajstić information content (AvgIpc) is 3.14. The lowest BCUT2D eigenvalue weighted by molar-refractivity contribution is -0.142. The first-order valence-electron chi connectivity index (χ1n) is 8.47. The van der Waals surface area contributed by atoms with Crippen LogP contribution in [0.2, 0.25) is 0 Å². The highest BCUT2D eigenvalue weighted by Gasteiger charge is 2.35. The highest BCUT2D eigenvalue weighted by Crippen LogP contribution is 2.35. The predicted molar refractivity (Wildman–Crippen MR) is 93.2 cm³/mol. The van der Waals surface area contributed by atoms with Crippen LogP contribution in [-0.2, 0) is 11.3 Å². The van der Waals surface area contributed by atoms with Gasteiger partial charge in [0.25, 0.3) is 5.91 Å². The van der Waals surface area contributed by atoms with Crippen LogP contribution in [0, 0.1) is 0 Å². The summed E-state index contributed by atoms with van der Waals surface area (Å²) in [6.07, 6.45) is 6.62. The number of amides is 1. The lowest BCUT2D eigenvalue weighted by atomic mass is 10.0. The number of piperidine rings is 1. The fourth-order valence-corrected chi connectivity index (χ4v) is 4.41. The Balaban J connectivity index is 1.48. The molecule has 0 N–H and O–H groups in total. The number of carbonyl (C=O) groups is 1.